The molecule has 0 N–H and O–H groups in total. The van der Waals surface area contributed by atoms with Gasteiger partial charge in [-0.05, 0) is 12.8 Å². The van der Waals surface area contributed by atoms with Gasteiger partial charge in [-0.15, -0.1) is 0 Å². The van der Waals surface area contributed by atoms with Crippen LogP contribution in [0.2, 0.25) is 0 Å². The van der Waals surface area contributed by atoms with Crippen LogP contribution in [0.15, 0.2) is 0 Å². The molecular formula is C8H20NP. The molecule has 0 aliphatic carbocycles. The Balaban J connectivity index is 0.000000236. The Morgan fingerprint density at radius 1 is 1.10 bits per heavy atom. The van der Waals surface area contributed by atoms with E-state index in [0.717, 1.165) is 0 Å². The van der Waals surface area contributed by atoms with Gasteiger partial charge < -0.3 is 0 Å². The molecule has 1 fully saturated rings. The number of nitrogens with zero attached hydrogens (tertiary/aromatic N) is 1. The smallest absolute Gasteiger partial charge is 0.00161 e. The van der Waals surface area contributed by atoms with E-state index in [4.69, 9.17) is 0 Å². The maximum atomic E-state index is 2.74. The third kappa shape index (κ3) is 6.51. The average molecular weight is 161 g/mol. The monoisotopic (exact) mass is 161 g/mol. The molecule has 1 unspecified atom stereocenters. The Morgan fingerprint density at radius 3 is 1.70 bits per heavy atom. The van der Waals surface area contributed by atoms with Crippen LogP contribution < -0.4 is 0 Å². The highest BCUT2D eigenvalue weighted by molar-refractivity contribution is 7.13. The highest BCUT2D eigenvalue weighted by atomic mass is 31.0. The summed E-state index contributed by atoms with van der Waals surface area (Å²) in [6, 6.07) is 0. The normalized spacial score (nSPS) is 19.5. The molecule has 0 aromatic rings. The molecule has 0 saturated carbocycles. The topological polar surface area (TPSA) is 3.24 Å². The number of rotatable bonds is 0. The fourth-order valence-electron chi connectivity index (χ4n) is 0.918. The van der Waals surface area contributed by atoms with Gasteiger partial charge in [0.1, 0.15) is 0 Å². The van der Waals surface area contributed by atoms with Crippen LogP contribution in [0.1, 0.15) is 39.5 Å². The van der Waals surface area contributed by atoms with E-state index in [1.807, 2.05) is 0 Å². The largest absolute Gasteiger partial charge is 0.287 e. The molecule has 1 aliphatic heterocycles. The van der Waals surface area contributed by atoms with Crippen molar-refractivity contribution in [3.05, 3.63) is 0 Å². The summed E-state index contributed by atoms with van der Waals surface area (Å²) in [7, 11) is 2.74. The highest BCUT2D eigenvalue weighted by Gasteiger charge is 2.02. The van der Waals surface area contributed by atoms with Crippen molar-refractivity contribution in [1.82, 2.24) is 4.67 Å². The van der Waals surface area contributed by atoms with Crippen molar-refractivity contribution < 1.29 is 0 Å². The van der Waals surface area contributed by atoms with Gasteiger partial charge in [-0.2, -0.15) is 0 Å². The lowest BCUT2D eigenvalue weighted by atomic mass is 10.2. The Bertz CT molecular complexity index is 60.3. The summed E-state index contributed by atoms with van der Waals surface area (Å²) in [5.41, 5.74) is 0. The van der Waals surface area contributed by atoms with Gasteiger partial charge in [0, 0.05) is 13.1 Å². The number of hydrogen-bond acceptors (Lipinski definition) is 1. The first kappa shape index (κ1) is 10.4. The van der Waals surface area contributed by atoms with Gasteiger partial charge in [-0.1, -0.05) is 36.1 Å². The minimum Gasteiger partial charge on any atom is -0.287 e. The van der Waals surface area contributed by atoms with Crippen molar-refractivity contribution in [1.29, 1.82) is 0 Å². The molecule has 2 heteroatoms. The van der Waals surface area contributed by atoms with E-state index in [2.05, 4.69) is 27.9 Å². The molecule has 0 bridgehead atoms. The van der Waals surface area contributed by atoms with E-state index in [1.165, 1.54) is 38.8 Å². The summed E-state index contributed by atoms with van der Waals surface area (Å²) < 4.78 is 2.31. The molecular weight excluding hydrogens is 141 g/mol. The molecule has 1 atom stereocenters. The average Bonchev–Trinajstić information content (AvgIpc) is 1.91. The molecule has 10 heavy (non-hydrogen) atoms. The van der Waals surface area contributed by atoms with Crippen molar-refractivity contribution in [2.45, 2.75) is 39.5 Å². The van der Waals surface area contributed by atoms with Crippen molar-refractivity contribution >= 4 is 9.39 Å². The molecule has 0 spiro atoms. The quantitative estimate of drug-likeness (QED) is 0.494. The minimum absolute atomic E-state index is 1.25. The summed E-state index contributed by atoms with van der Waals surface area (Å²) in [5, 5.41) is 0. The third-order valence-electron chi connectivity index (χ3n) is 1.39. The Labute approximate surface area is 67.4 Å². The first-order chi connectivity index (χ1) is 4.81. The minimum atomic E-state index is 1.25. The van der Waals surface area contributed by atoms with E-state index < -0.39 is 0 Å². The maximum Gasteiger partial charge on any atom is 0.00161 e. The van der Waals surface area contributed by atoms with E-state index in [9.17, 15) is 0 Å². The van der Waals surface area contributed by atoms with Gasteiger partial charge in [0.05, 0.1) is 0 Å². The van der Waals surface area contributed by atoms with E-state index in [1.54, 1.807) is 0 Å². The highest BCUT2D eigenvalue weighted by Crippen LogP contribution is 2.11. The summed E-state index contributed by atoms with van der Waals surface area (Å²) >= 11 is 0. The van der Waals surface area contributed by atoms with Crippen LogP contribution in [0.3, 0.4) is 0 Å². The predicted molar refractivity (Wildman–Crippen MR) is 51.1 cm³/mol. The van der Waals surface area contributed by atoms with Gasteiger partial charge in [0.15, 0.2) is 0 Å². The zero-order valence-electron chi connectivity index (χ0n) is 7.27. The standard InChI is InChI=1S/C5H12NP.C3H8/c7-6-4-2-1-3-5-6;1-3-2/h1-5,7H2;3H2,1-2H3. The Kier molecular flexibility index (Phi) is 7.79. The zero-order chi connectivity index (χ0) is 7.82. The second-order valence-electron chi connectivity index (χ2n) is 2.80. The van der Waals surface area contributed by atoms with Gasteiger partial charge in [-0.25, -0.2) is 0 Å². The first-order valence-corrected chi connectivity index (χ1v) is 4.82. The molecule has 1 saturated heterocycles. The van der Waals surface area contributed by atoms with Crippen molar-refractivity contribution in [3.63, 3.8) is 0 Å². The summed E-state index contributed by atoms with van der Waals surface area (Å²) in [6.07, 6.45) is 5.47. The fraction of sp³-hybridized carbons (Fsp3) is 1.00. The zero-order valence-corrected chi connectivity index (χ0v) is 8.42. The molecule has 62 valence electrons. The van der Waals surface area contributed by atoms with Crippen LogP contribution in [0.4, 0.5) is 0 Å². The lowest BCUT2D eigenvalue weighted by Crippen LogP contribution is -2.18. The van der Waals surface area contributed by atoms with Crippen molar-refractivity contribution in [2.75, 3.05) is 13.1 Å². The second kappa shape index (κ2) is 7.50. The van der Waals surface area contributed by atoms with Crippen molar-refractivity contribution in [2.24, 2.45) is 0 Å². The van der Waals surface area contributed by atoms with Gasteiger partial charge in [-0.3, -0.25) is 4.67 Å². The first-order valence-electron chi connectivity index (χ1n) is 4.30. The predicted octanol–water partition coefficient (Wildman–Crippen LogP) is 2.68. The van der Waals surface area contributed by atoms with E-state index >= 15 is 0 Å². The maximum absolute atomic E-state index is 2.74. The van der Waals surface area contributed by atoms with Crippen LogP contribution in [0.5, 0.6) is 0 Å². The van der Waals surface area contributed by atoms with Gasteiger partial charge in [0.2, 0.25) is 0 Å². The molecule has 1 heterocycles. The SMILES string of the molecule is CCC.PN1CCCCC1. The summed E-state index contributed by atoms with van der Waals surface area (Å²) in [6.45, 7) is 6.81. The van der Waals surface area contributed by atoms with Crippen LogP contribution >= 0.6 is 9.39 Å². The number of piperidine rings is 1. The molecule has 1 nitrogen and oxygen atoms in total. The van der Waals surface area contributed by atoms with Gasteiger partial charge in [0.25, 0.3) is 0 Å². The molecule has 0 radical (unpaired) electrons. The van der Waals surface area contributed by atoms with E-state index in [0.29, 0.717) is 0 Å². The van der Waals surface area contributed by atoms with Gasteiger partial charge >= 0.3 is 0 Å². The molecule has 0 amide bonds. The van der Waals surface area contributed by atoms with Crippen LogP contribution in [0.25, 0.3) is 0 Å². The summed E-state index contributed by atoms with van der Waals surface area (Å²) in [5.74, 6) is 0. The number of hydrogen-bond donors (Lipinski definition) is 0. The lowest BCUT2D eigenvalue weighted by molar-refractivity contribution is 0.379. The van der Waals surface area contributed by atoms with Crippen LogP contribution in [-0.4, -0.2) is 17.8 Å². The van der Waals surface area contributed by atoms with Crippen molar-refractivity contribution in [3.8, 4) is 0 Å². The van der Waals surface area contributed by atoms with Crippen LogP contribution in [0, 0.1) is 0 Å². The molecule has 0 aromatic heterocycles. The fourth-order valence-corrected chi connectivity index (χ4v) is 1.28. The lowest BCUT2D eigenvalue weighted by Gasteiger charge is -2.20. The third-order valence-corrected chi connectivity index (χ3v) is 1.91. The Hall–Kier alpha value is 0.390. The molecule has 0 aromatic carbocycles. The van der Waals surface area contributed by atoms with Crippen LogP contribution in [-0.2, 0) is 0 Å². The Morgan fingerprint density at radius 2 is 1.50 bits per heavy atom. The summed E-state index contributed by atoms with van der Waals surface area (Å²) in [4.78, 5) is 0. The second-order valence-corrected chi connectivity index (χ2v) is 3.53. The van der Waals surface area contributed by atoms with E-state index in [-0.39, 0.29) is 0 Å². The molecule has 1 rings (SSSR count). The molecule has 1 aliphatic rings.